The smallest absolute Gasteiger partial charge is 0.412 e. The molecule has 0 aromatic rings. The van der Waals surface area contributed by atoms with Gasteiger partial charge in [-0.05, 0) is 56.8 Å². The number of carboxylic acid groups (broad SMARTS) is 1. The van der Waals surface area contributed by atoms with Crippen molar-refractivity contribution in [3.63, 3.8) is 0 Å². The predicted molar refractivity (Wildman–Crippen MR) is 99.1 cm³/mol. The molecule has 0 saturated heterocycles. The van der Waals surface area contributed by atoms with Crippen molar-refractivity contribution >= 4 is 5.97 Å². The van der Waals surface area contributed by atoms with Crippen molar-refractivity contribution in [3.8, 4) is 0 Å². The first kappa shape index (κ1) is 24.7. The molecule has 0 amide bonds. The van der Waals surface area contributed by atoms with Crippen LogP contribution in [0.25, 0.3) is 0 Å². The van der Waals surface area contributed by atoms with Gasteiger partial charge in [0.25, 0.3) is 0 Å². The van der Waals surface area contributed by atoms with Gasteiger partial charge in [0, 0.05) is 11.5 Å². The Balaban J connectivity index is 2.73. The standard InChI is InChI=1S/C21H33F3O4/c1-2-3-4-8-17(25)12-10-15-11-13-19(26)18(15)14-16(21(22,23)24)7-5-6-9-20(27)28/h7,10,12,15,17-19,25-26H,2-6,8-9,11,13-14H2,1H3,(H,27,28)/p-1/b12-10+,16-7-/t15-,17?,18+,19?/m0/s1. The van der Waals surface area contributed by atoms with Crippen LogP contribution < -0.4 is 5.11 Å². The summed E-state index contributed by atoms with van der Waals surface area (Å²) in [6.45, 7) is 2.07. The largest absolute Gasteiger partial charge is 0.550 e. The van der Waals surface area contributed by atoms with Gasteiger partial charge in [-0.15, -0.1) is 0 Å². The molecule has 1 saturated carbocycles. The predicted octanol–water partition coefficient (Wildman–Crippen LogP) is 3.67. The minimum atomic E-state index is -4.52. The molecule has 0 radical (unpaired) electrons. The fourth-order valence-electron chi connectivity index (χ4n) is 3.67. The minimum absolute atomic E-state index is 0.00227. The third-order valence-electron chi connectivity index (χ3n) is 5.32. The topological polar surface area (TPSA) is 80.6 Å². The van der Waals surface area contributed by atoms with Crippen LogP contribution >= 0.6 is 0 Å². The fourth-order valence-corrected chi connectivity index (χ4v) is 3.67. The Hall–Kier alpha value is -1.34. The fraction of sp³-hybridized carbons (Fsp3) is 0.762. The van der Waals surface area contributed by atoms with E-state index in [1.807, 2.05) is 0 Å². The van der Waals surface area contributed by atoms with E-state index in [1.54, 1.807) is 12.2 Å². The summed E-state index contributed by atoms with van der Waals surface area (Å²) in [5.41, 5.74) is -0.723. The summed E-state index contributed by atoms with van der Waals surface area (Å²) in [4.78, 5) is 10.4. The van der Waals surface area contributed by atoms with Crippen LogP contribution in [0.4, 0.5) is 13.2 Å². The van der Waals surface area contributed by atoms with E-state index in [0.717, 1.165) is 25.3 Å². The summed E-state index contributed by atoms with van der Waals surface area (Å²) < 4.78 is 40.1. The first-order chi connectivity index (χ1) is 13.1. The second-order valence-corrected chi connectivity index (χ2v) is 7.62. The maximum Gasteiger partial charge on any atom is 0.412 e. The lowest BCUT2D eigenvalue weighted by molar-refractivity contribution is -0.305. The number of aliphatic hydroxyl groups excluding tert-OH is 2. The van der Waals surface area contributed by atoms with Crippen molar-refractivity contribution in [3.05, 3.63) is 23.8 Å². The molecule has 4 atom stereocenters. The molecule has 28 heavy (non-hydrogen) atoms. The maximum absolute atomic E-state index is 13.4. The zero-order valence-electron chi connectivity index (χ0n) is 16.5. The number of aliphatic hydroxyl groups is 2. The average Bonchev–Trinajstić information content (AvgIpc) is 2.94. The van der Waals surface area contributed by atoms with Gasteiger partial charge in [0.2, 0.25) is 0 Å². The lowest BCUT2D eigenvalue weighted by Gasteiger charge is -2.23. The highest BCUT2D eigenvalue weighted by Gasteiger charge is 2.40. The lowest BCUT2D eigenvalue weighted by atomic mass is 9.87. The molecular formula is C21H32F3O4-. The Bertz CT molecular complexity index is 528. The van der Waals surface area contributed by atoms with E-state index >= 15 is 0 Å². The number of halogens is 3. The number of hydrogen-bond donors (Lipinski definition) is 2. The van der Waals surface area contributed by atoms with Crippen LogP contribution in [0.2, 0.25) is 0 Å². The van der Waals surface area contributed by atoms with Gasteiger partial charge in [-0.25, -0.2) is 0 Å². The Labute approximate surface area is 165 Å². The van der Waals surface area contributed by atoms with E-state index in [9.17, 15) is 33.3 Å². The van der Waals surface area contributed by atoms with Crippen LogP contribution in [0.15, 0.2) is 23.8 Å². The Morgan fingerprint density at radius 1 is 1.25 bits per heavy atom. The van der Waals surface area contributed by atoms with Gasteiger partial charge in [0.15, 0.2) is 0 Å². The molecule has 0 heterocycles. The Morgan fingerprint density at radius 3 is 2.57 bits per heavy atom. The van der Waals surface area contributed by atoms with E-state index < -0.39 is 35.8 Å². The van der Waals surface area contributed by atoms with Crippen LogP contribution in [0, 0.1) is 11.8 Å². The quantitative estimate of drug-likeness (QED) is 0.383. The van der Waals surface area contributed by atoms with E-state index in [4.69, 9.17) is 0 Å². The molecule has 0 aliphatic heterocycles. The lowest BCUT2D eigenvalue weighted by Crippen LogP contribution is -2.24. The van der Waals surface area contributed by atoms with Crippen LogP contribution in [-0.2, 0) is 4.79 Å². The molecule has 2 N–H and O–H groups in total. The average molecular weight is 405 g/mol. The molecule has 2 unspecified atom stereocenters. The number of unbranched alkanes of at least 4 members (excludes halogenated alkanes) is 3. The van der Waals surface area contributed by atoms with Crippen molar-refractivity contribution in [1.29, 1.82) is 0 Å². The molecule has 0 aromatic carbocycles. The highest BCUT2D eigenvalue weighted by Crippen LogP contribution is 2.41. The zero-order valence-corrected chi connectivity index (χ0v) is 16.5. The van der Waals surface area contributed by atoms with E-state index in [2.05, 4.69) is 6.92 Å². The van der Waals surface area contributed by atoms with Crippen LogP contribution in [0.5, 0.6) is 0 Å². The molecular weight excluding hydrogens is 373 g/mol. The van der Waals surface area contributed by atoms with Crippen molar-refractivity contribution in [2.24, 2.45) is 11.8 Å². The Morgan fingerprint density at radius 2 is 1.96 bits per heavy atom. The number of allylic oxidation sites excluding steroid dienone is 3. The second kappa shape index (κ2) is 12.3. The molecule has 1 aliphatic rings. The summed E-state index contributed by atoms with van der Waals surface area (Å²) in [7, 11) is 0. The highest BCUT2D eigenvalue weighted by atomic mass is 19.4. The summed E-state index contributed by atoms with van der Waals surface area (Å²) in [6, 6.07) is 0. The summed E-state index contributed by atoms with van der Waals surface area (Å²) >= 11 is 0. The number of carbonyl (C=O) groups excluding carboxylic acids is 1. The van der Waals surface area contributed by atoms with Gasteiger partial charge < -0.3 is 20.1 Å². The molecule has 1 aliphatic carbocycles. The van der Waals surface area contributed by atoms with Gasteiger partial charge in [0.05, 0.1) is 12.2 Å². The Kier molecular flexibility index (Phi) is 10.8. The number of rotatable bonds is 12. The number of hydrogen-bond acceptors (Lipinski definition) is 4. The first-order valence-electron chi connectivity index (χ1n) is 10.2. The van der Waals surface area contributed by atoms with Crippen molar-refractivity contribution < 1.29 is 33.3 Å². The minimum Gasteiger partial charge on any atom is -0.550 e. The van der Waals surface area contributed by atoms with Gasteiger partial charge >= 0.3 is 6.18 Å². The number of carbonyl (C=O) groups is 1. The summed E-state index contributed by atoms with van der Waals surface area (Å²) in [5, 5.41) is 30.6. The van der Waals surface area contributed by atoms with Gasteiger partial charge in [-0.1, -0.05) is 44.4 Å². The molecule has 0 bridgehead atoms. The molecule has 1 fully saturated rings. The molecule has 0 aromatic heterocycles. The molecule has 162 valence electrons. The number of aliphatic carboxylic acids is 1. The molecule has 1 rings (SSSR count). The van der Waals surface area contributed by atoms with Gasteiger partial charge in [0.1, 0.15) is 0 Å². The summed E-state index contributed by atoms with van der Waals surface area (Å²) in [5.74, 6) is -2.06. The zero-order chi connectivity index (χ0) is 21.2. The maximum atomic E-state index is 13.4. The van der Waals surface area contributed by atoms with E-state index in [0.29, 0.717) is 19.3 Å². The monoisotopic (exact) mass is 405 g/mol. The van der Waals surface area contributed by atoms with Crippen LogP contribution in [0.3, 0.4) is 0 Å². The van der Waals surface area contributed by atoms with Crippen molar-refractivity contribution in [1.82, 2.24) is 0 Å². The SMILES string of the molecule is CCCCCC(O)/C=C/[C@H]1CCC(O)[C@@H]1C/C(=C/CCCC(=O)[O-])C(F)(F)F. The number of carboxylic acids is 1. The van der Waals surface area contributed by atoms with Crippen molar-refractivity contribution in [2.45, 2.75) is 89.5 Å². The van der Waals surface area contributed by atoms with Gasteiger partial charge in [-0.3, -0.25) is 0 Å². The normalized spacial score (nSPS) is 24.8. The van der Waals surface area contributed by atoms with E-state index in [-0.39, 0.29) is 31.6 Å². The third kappa shape index (κ3) is 9.24. The van der Waals surface area contributed by atoms with E-state index in [1.165, 1.54) is 0 Å². The highest BCUT2D eigenvalue weighted by molar-refractivity contribution is 5.64. The molecule has 7 heteroatoms. The second-order valence-electron chi connectivity index (χ2n) is 7.62. The van der Waals surface area contributed by atoms with Gasteiger partial charge in [-0.2, -0.15) is 13.2 Å². The molecule has 4 nitrogen and oxygen atoms in total. The van der Waals surface area contributed by atoms with Crippen LogP contribution in [0.1, 0.15) is 71.1 Å². The summed E-state index contributed by atoms with van der Waals surface area (Å²) in [6.07, 6.45) is 2.57. The third-order valence-corrected chi connectivity index (χ3v) is 5.32. The van der Waals surface area contributed by atoms with Crippen molar-refractivity contribution in [2.75, 3.05) is 0 Å². The molecule has 0 spiro atoms. The van der Waals surface area contributed by atoms with Crippen LogP contribution in [-0.4, -0.2) is 34.6 Å². The number of alkyl halides is 3. The first-order valence-corrected chi connectivity index (χ1v) is 10.2.